The van der Waals surface area contributed by atoms with E-state index in [0.717, 1.165) is 0 Å². The van der Waals surface area contributed by atoms with Crippen molar-refractivity contribution < 1.29 is 21.1 Å². The quantitative estimate of drug-likeness (QED) is 0.100. The van der Waals surface area contributed by atoms with E-state index in [1.165, 1.54) is 129 Å². The molecule has 0 aromatic rings. The van der Waals surface area contributed by atoms with E-state index in [1.54, 1.807) is 0 Å². The van der Waals surface area contributed by atoms with Crippen molar-refractivity contribution in [2.24, 2.45) is 0 Å². The second-order valence-corrected chi connectivity index (χ2v) is 23.4. The van der Waals surface area contributed by atoms with Crippen LogP contribution < -0.4 is 0 Å². The summed E-state index contributed by atoms with van der Waals surface area (Å²) in [6.45, 7) is 29.5. The van der Waals surface area contributed by atoms with Crippen molar-refractivity contribution in [2.45, 2.75) is 132 Å². The fraction of sp³-hybridized carbons (Fsp3) is 1.00. The van der Waals surface area contributed by atoms with Gasteiger partial charge in [-0.2, -0.15) is 0 Å². The molecule has 33 heavy (non-hydrogen) atoms. The van der Waals surface area contributed by atoms with Crippen LogP contribution in [0.4, 0.5) is 0 Å². The Labute approximate surface area is 216 Å². The first kappa shape index (κ1) is 33.7. The minimum absolute atomic E-state index is 1.28. The molecule has 0 saturated heterocycles. The summed E-state index contributed by atoms with van der Waals surface area (Å²) in [5.41, 5.74) is 0. The molecule has 0 fully saturated rings. The molecule has 0 atom stereocenters. The van der Waals surface area contributed by atoms with Crippen molar-refractivity contribution in [3.8, 4) is 0 Å². The van der Waals surface area contributed by atoms with Gasteiger partial charge >= 0.3 is 217 Å². The van der Waals surface area contributed by atoms with Crippen LogP contribution in [0, 0.1) is 0 Å². The summed E-state index contributed by atoms with van der Waals surface area (Å²) >= 11 is -3.49. The van der Waals surface area contributed by atoms with Crippen LogP contribution in [-0.4, -0.2) is 63.9 Å². The molecule has 0 N–H and O–H groups in total. The van der Waals surface area contributed by atoms with Gasteiger partial charge in [-0.25, -0.2) is 0 Å². The van der Waals surface area contributed by atoms with E-state index in [1.807, 2.05) is 0 Å². The summed E-state index contributed by atoms with van der Waals surface area (Å²) in [4.78, 5) is 0. The standard InChI is InChI=1S/4C7H16N.Hf/c4*1-3-5-7-8-6-4-2;/h4*3-7H2,1-2H3;/q4*-1;+4. The zero-order valence-electron chi connectivity index (χ0n) is 24.4. The first-order chi connectivity index (χ1) is 16.1. The normalized spacial score (nSPS) is 12.7. The third kappa shape index (κ3) is 11.1. The predicted octanol–water partition coefficient (Wildman–Crippen LogP) is 7.85. The molecule has 4 nitrogen and oxygen atoms in total. The van der Waals surface area contributed by atoms with Gasteiger partial charge in [-0.3, -0.25) is 0 Å². The fourth-order valence-electron chi connectivity index (χ4n) is 5.32. The maximum absolute atomic E-state index is 3.49. The summed E-state index contributed by atoms with van der Waals surface area (Å²) in [6.07, 6.45) is 15.7. The van der Waals surface area contributed by atoms with E-state index >= 15 is 0 Å². The van der Waals surface area contributed by atoms with Gasteiger partial charge in [0.2, 0.25) is 0 Å². The van der Waals surface area contributed by atoms with Crippen molar-refractivity contribution in [3.05, 3.63) is 0 Å². The van der Waals surface area contributed by atoms with Crippen molar-refractivity contribution in [1.82, 2.24) is 11.6 Å². The predicted molar refractivity (Wildman–Crippen MR) is 147 cm³/mol. The molecule has 0 rings (SSSR count). The molecule has 5 heteroatoms. The van der Waals surface area contributed by atoms with E-state index in [0.29, 0.717) is 0 Å². The second kappa shape index (κ2) is 21.9. The third-order valence-electron chi connectivity index (χ3n) is 6.80. The molecule has 0 aliphatic heterocycles. The van der Waals surface area contributed by atoms with Gasteiger partial charge in [0.15, 0.2) is 0 Å². The molecule has 0 saturated carbocycles. The van der Waals surface area contributed by atoms with Crippen LogP contribution in [0.2, 0.25) is 0 Å². The summed E-state index contributed by atoms with van der Waals surface area (Å²) in [6, 6.07) is 0. The summed E-state index contributed by atoms with van der Waals surface area (Å²) < 4.78 is 12.6. The average molecular weight is 635 g/mol. The van der Waals surface area contributed by atoms with Gasteiger partial charge < -0.3 is 0 Å². The van der Waals surface area contributed by atoms with E-state index in [2.05, 4.69) is 66.9 Å². The Morgan fingerprint density at radius 2 is 0.515 bits per heavy atom. The Balaban J connectivity index is 6.98. The summed E-state index contributed by atoms with van der Waals surface area (Å²) in [7, 11) is 0. The Bertz CT molecular complexity index is 343. The van der Waals surface area contributed by atoms with Gasteiger partial charge in [0.1, 0.15) is 0 Å². The number of nitrogens with zero attached hydrogens (tertiary/aromatic N) is 4. The van der Waals surface area contributed by atoms with E-state index < -0.39 is 21.1 Å². The maximum atomic E-state index is 3.15. The number of unbranched alkanes of at least 4 members (excludes halogenated alkanes) is 4. The molecule has 0 aromatic carbocycles. The first-order valence-corrected chi connectivity index (χ1v) is 21.5. The molecule has 0 spiro atoms. The van der Waals surface area contributed by atoms with Crippen molar-refractivity contribution in [2.75, 3.05) is 52.4 Å². The summed E-state index contributed by atoms with van der Waals surface area (Å²) in [5.74, 6) is 0. The van der Waals surface area contributed by atoms with Crippen LogP contribution in [-0.2, 0) is 21.1 Å². The molecule has 200 valence electrons. The van der Waals surface area contributed by atoms with E-state index in [-0.39, 0.29) is 0 Å². The van der Waals surface area contributed by atoms with Crippen molar-refractivity contribution in [3.63, 3.8) is 0 Å². The molecule has 0 aliphatic rings. The topological polar surface area (TPSA) is 13.0 Å². The number of rotatable bonds is 24. The van der Waals surface area contributed by atoms with Crippen LogP contribution in [0.25, 0.3) is 0 Å². The zero-order chi connectivity index (χ0) is 25.0. The zero-order valence-corrected chi connectivity index (χ0v) is 28.0. The van der Waals surface area contributed by atoms with Crippen LogP contribution in [0.5, 0.6) is 0 Å². The van der Waals surface area contributed by atoms with Crippen molar-refractivity contribution in [1.29, 1.82) is 0 Å². The SMILES string of the molecule is CCCC[N](CCC)[Hf]([N](CCC)CCCC)([N](CCC)CCCC)[N](CCC)CCCC. The van der Waals surface area contributed by atoms with Gasteiger partial charge in [0, 0.05) is 0 Å². The Hall–Kier alpha value is 0.710. The Morgan fingerprint density at radius 1 is 0.303 bits per heavy atom. The van der Waals surface area contributed by atoms with Crippen LogP contribution in [0.3, 0.4) is 0 Å². The summed E-state index contributed by atoms with van der Waals surface area (Å²) in [5, 5.41) is 0. The minimum atomic E-state index is -3.49. The molecular weight excluding hydrogens is 571 g/mol. The molecular formula is C28H64HfN4. The van der Waals surface area contributed by atoms with Gasteiger partial charge in [0.05, 0.1) is 0 Å². The first-order valence-electron chi connectivity index (χ1n) is 15.1. The van der Waals surface area contributed by atoms with Crippen LogP contribution in [0.1, 0.15) is 132 Å². The molecule has 0 radical (unpaired) electrons. The van der Waals surface area contributed by atoms with Crippen LogP contribution >= 0.6 is 0 Å². The average Bonchev–Trinajstić information content (AvgIpc) is 2.82. The van der Waals surface area contributed by atoms with Gasteiger partial charge in [0.25, 0.3) is 0 Å². The van der Waals surface area contributed by atoms with Crippen molar-refractivity contribution >= 4 is 0 Å². The fourth-order valence-corrected chi connectivity index (χ4v) is 28.1. The molecule has 0 aromatic heterocycles. The monoisotopic (exact) mass is 636 g/mol. The molecule has 0 heterocycles. The molecule has 0 amide bonds. The van der Waals surface area contributed by atoms with Crippen LogP contribution in [0.15, 0.2) is 0 Å². The molecule has 0 unspecified atom stereocenters. The van der Waals surface area contributed by atoms with E-state index in [4.69, 9.17) is 0 Å². The number of hydrogen-bond acceptors (Lipinski definition) is 4. The number of hydrogen-bond donors (Lipinski definition) is 0. The molecule has 0 bridgehead atoms. The Morgan fingerprint density at radius 3 is 0.667 bits per heavy atom. The van der Waals surface area contributed by atoms with Gasteiger partial charge in [-0.1, -0.05) is 0 Å². The third-order valence-corrected chi connectivity index (χ3v) is 25.4. The van der Waals surface area contributed by atoms with Gasteiger partial charge in [-0.15, -0.1) is 0 Å². The second-order valence-electron chi connectivity index (χ2n) is 9.96. The Kier molecular flexibility index (Phi) is 22.4. The van der Waals surface area contributed by atoms with Gasteiger partial charge in [-0.05, 0) is 0 Å². The molecule has 0 aliphatic carbocycles. The van der Waals surface area contributed by atoms with E-state index in [9.17, 15) is 0 Å².